The van der Waals surface area contributed by atoms with Gasteiger partial charge in [0.05, 0.1) is 5.69 Å². The molecule has 0 atom stereocenters. The van der Waals surface area contributed by atoms with E-state index in [0.717, 1.165) is 12.1 Å². The van der Waals surface area contributed by atoms with Crippen LogP contribution in [0.25, 0.3) is 11.3 Å². The molecule has 0 saturated heterocycles. The minimum Gasteiger partial charge on any atom is -0.331 e. The number of hydrogen-bond acceptors (Lipinski definition) is 2. The highest BCUT2D eigenvalue weighted by Crippen LogP contribution is 2.22. The third kappa shape index (κ3) is 2.08. The standard InChI is InChI=1S/C12H10F2N2O/c1-7(17)12-15-11(6-16(12)2)9-4-3-8(13)5-10(9)14/h3-6H,1-2H3. The average molecular weight is 236 g/mol. The van der Waals surface area contributed by atoms with Crippen LogP contribution in [-0.2, 0) is 7.05 Å². The zero-order valence-electron chi connectivity index (χ0n) is 9.37. The Bertz CT molecular complexity index is 590. The molecular formula is C12H10F2N2O. The molecule has 5 heteroatoms. The number of hydrogen-bond donors (Lipinski definition) is 0. The van der Waals surface area contributed by atoms with E-state index in [1.807, 2.05) is 0 Å². The van der Waals surface area contributed by atoms with E-state index in [1.165, 1.54) is 23.8 Å². The van der Waals surface area contributed by atoms with Crippen LogP contribution < -0.4 is 0 Å². The fourth-order valence-corrected chi connectivity index (χ4v) is 1.62. The fraction of sp³-hybridized carbons (Fsp3) is 0.167. The predicted molar refractivity (Wildman–Crippen MR) is 58.6 cm³/mol. The Kier molecular flexibility index (Phi) is 2.75. The summed E-state index contributed by atoms with van der Waals surface area (Å²) in [6.07, 6.45) is 1.53. The Morgan fingerprint density at radius 2 is 2.06 bits per heavy atom. The maximum atomic E-state index is 13.5. The lowest BCUT2D eigenvalue weighted by molar-refractivity contribution is 0.100. The molecule has 0 unspecified atom stereocenters. The van der Waals surface area contributed by atoms with Gasteiger partial charge in [-0.1, -0.05) is 0 Å². The van der Waals surface area contributed by atoms with Gasteiger partial charge in [0.25, 0.3) is 0 Å². The summed E-state index contributed by atoms with van der Waals surface area (Å²) in [4.78, 5) is 15.2. The number of imidazole rings is 1. The number of halogens is 2. The van der Waals surface area contributed by atoms with Crippen LogP contribution in [0.2, 0.25) is 0 Å². The van der Waals surface area contributed by atoms with Crippen LogP contribution in [0.15, 0.2) is 24.4 Å². The molecule has 0 fully saturated rings. The van der Waals surface area contributed by atoms with E-state index >= 15 is 0 Å². The Labute approximate surface area is 96.7 Å². The van der Waals surface area contributed by atoms with Crippen molar-refractivity contribution in [1.29, 1.82) is 0 Å². The third-order valence-electron chi connectivity index (χ3n) is 2.40. The summed E-state index contributed by atoms with van der Waals surface area (Å²) < 4.78 is 27.8. The average Bonchev–Trinajstić information content (AvgIpc) is 2.60. The highest BCUT2D eigenvalue weighted by molar-refractivity contribution is 5.91. The van der Waals surface area contributed by atoms with Crippen molar-refractivity contribution in [1.82, 2.24) is 9.55 Å². The molecule has 0 radical (unpaired) electrons. The van der Waals surface area contributed by atoms with Crippen LogP contribution in [0.3, 0.4) is 0 Å². The van der Waals surface area contributed by atoms with E-state index in [9.17, 15) is 13.6 Å². The van der Waals surface area contributed by atoms with Gasteiger partial charge in [0.1, 0.15) is 11.6 Å². The van der Waals surface area contributed by atoms with Gasteiger partial charge < -0.3 is 4.57 Å². The second-order valence-corrected chi connectivity index (χ2v) is 3.74. The smallest absolute Gasteiger partial charge is 0.195 e. The van der Waals surface area contributed by atoms with Crippen LogP contribution in [0, 0.1) is 11.6 Å². The molecule has 1 aromatic heterocycles. The quantitative estimate of drug-likeness (QED) is 0.751. The first-order valence-electron chi connectivity index (χ1n) is 4.99. The Morgan fingerprint density at radius 1 is 1.35 bits per heavy atom. The van der Waals surface area contributed by atoms with E-state index < -0.39 is 11.6 Å². The first-order valence-corrected chi connectivity index (χ1v) is 4.99. The van der Waals surface area contributed by atoms with E-state index in [4.69, 9.17) is 0 Å². The lowest BCUT2D eigenvalue weighted by atomic mass is 10.1. The Balaban J connectivity index is 2.53. The van der Waals surface area contributed by atoms with Gasteiger partial charge in [-0.25, -0.2) is 13.8 Å². The monoisotopic (exact) mass is 236 g/mol. The van der Waals surface area contributed by atoms with Crippen molar-refractivity contribution >= 4 is 5.78 Å². The number of carbonyl (C=O) groups excluding carboxylic acids is 1. The number of aryl methyl sites for hydroxylation is 1. The molecule has 3 nitrogen and oxygen atoms in total. The van der Waals surface area contributed by atoms with Crippen LogP contribution in [0.4, 0.5) is 8.78 Å². The molecule has 0 spiro atoms. The number of Topliss-reactive ketones (excluding diaryl/α,β-unsaturated/α-hetero) is 1. The number of ketones is 1. The lowest BCUT2D eigenvalue weighted by Gasteiger charge is -1.98. The molecule has 2 aromatic rings. The van der Waals surface area contributed by atoms with Crippen LogP contribution in [-0.4, -0.2) is 15.3 Å². The summed E-state index contributed by atoms with van der Waals surface area (Å²) in [5.74, 6) is -1.31. The topological polar surface area (TPSA) is 34.9 Å². The number of nitrogens with zero attached hydrogens (tertiary/aromatic N) is 2. The molecular weight excluding hydrogens is 226 g/mol. The van der Waals surface area contributed by atoms with E-state index in [-0.39, 0.29) is 17.2 Å². The SMILES string of the molecule is CC(=O)c1nc(-c2ccc(F)cc2F)cn1C. The van der Waals surface area contributed by atoms with Gasteiger partial charge in [0, 0.05) is 31.8 Å². The number of carbonyl (C=O) groups is 1. The molecule has 0 amide bonds. The van der Waals surface area contributed by atoms with Crippen molar-refractivity contribution in [3.05, 3.63) is 41.9 Å². The van der Waals surface area contributed by atoms with Crippen LogP contribution in [0.5, 0.6) is 0 Å². The van der Waals surface area contributed by atoms with E-state index in [2.05, 4.69) is 4.98 Å². The summed E-state index contributed by atoms with van der Waals surface area (Å²) in [6, 6.07) is 3.24. The zero-order valence-corrected chi connectivity index (χ0v) is 9.37. The van der Waals surface area contributed by atoms with Crippen LogP contribution >= 0.6 is 0 Å². The van der Waals surface area contributed by atoms with Crippen molar-refractivity contribution in [2.24, 2.45) is 7.05 Å². The molecule has 0 aliphatic rings. The van der Waals surface area contributed by atoms with Crippen molar-refractivity contribution < 1.29 is 13.6 Å². The summed E-state index contributed by atoms with van der Waals surface area (Å²) >= 11 is 0. The second-order valence-electron chi connectivity index (χ2n) is 3.74. The summed E-state index contributed by atoms with van der Waals surface area (Å²) in [6.45, 7) is 1.38. The summed E-state index contributed by atoms with van der Waals surface area (Å²) in [7, 11) is 1.65. The number of benzene rings is 1. The zero-order chi connectivity index (χ0) is 12.6. The maximum absolute atomic E-state index is 13.5. The van der Waals surface area contributed by atoms with Gasteiger partial charge in [-0.3, -0.25) is 4.79 Å². The molecule has 1 aromatic carbocycles. The van der Waals surface area contributed by atoms with Gasteiger partial charge in [0.2, 0.25) is 0 Å². The molecule has 0 bridgehead atoms. The molecule has 88 valence electrons. The molecule has 17 heavy (non-hydrogen) atoms. The highest BCUT2D eigenvalue weighted by Gasteiger charge is 2.14. The van der Waals surface area contributed by atoms with Crippen molar-refractivity contribution in [3.8, 4) is 11.3 Å². The largest absolute Gasteiger partial charge is 0.331 e. The molecule has 0 aliphatic carbocycles. The minimum absolute atomic E-state index is 0.175. The highest BCUT2D eigenvalue weighted by atomic mass is 19.1. The molecule has 1 heterocycles. The molecule has 0 saturated carbocycles. The predicted octanol–water partition coefficient (Wildman–Crippen LogP) is 2.57. The number of aromatic nitrogens is 2. The summed E-state index contributed by atoms with van der Waals surface area (Å²) in [5, 5.41) is 0. The van der Waals surface area contributed by atoms with Gasteiger partial charge in [0.15, 0.2) is 11.6 Å². The maximum Gasteiger partial charge on any atom is 0.195 e. The van der Waals surface area contributed by atoms with E-state index in [1.54, 1.807) is 7.05 Å². The van der Waals surface area contributed by atoms with Crippen molar-refractivity contribution in [2.75, 3.05) is 0 Å². The van der Waals surface area contributed by atoms with Crippen molar-refractivity contribution in [3.63, 3.8) is 0 Å². The first kappa shape index (κ1) is 11.4. The van der Waals surface area contributed by atoms with Gasteiger partial charge in [-0.05, 0) is 12.1 Å². The number of rotatable bonds is 2. The van der Waals surface area contributed by atoms with Gasteiger partial charge in [-0.15, -0.1) is 0 Å². The fourth-order valence-electron chi connectivity index (χ4n) is 1.62. The molecule has 2 rings (SSSR count). The molecule has 0 aliphatic heterocycles. The first-order chi connectivity index (χ1) is 7.99. The normalized spacial score (nSPS) is 10.6. The third-order valence-corrected chi connectivity index (χ3v) is 2.40. The van der Waals surface area contributed by atoms with Gasteiger partial charge in [-0.2, -0.15) is 0 Å². The van der Waals surface area contributed by atoms with Crippen molar-refractivity contribution in [2.45, 2.75) is 6.92 Å². The Morgan fingerprint density at radius 3 is 2.59 bits per heavy atom. The summed E-state index contributed by atoms with van der Waals surface area (Å²) in [5.41, 5.74) is 0.490. The Hall–Kier alpha value is -2.04. The molecule has 0 N–H and O–H groups in total. The lowest BCUT2D eigenvalue weighted by Crippen LogP contribution is -2.02. The van der Waals surface area contributed by atoms with Gasteiger partial charge >= 0.3 is 0 Å². The van der Waals surface area contributed by atoms with Crippen LogP contribution in [0.1, 0.15) is 17.5 Å². The second kappa shape index (κ2) is 4.08. The minimum atomic E-state index is -0.696. The van der Waals surface area contributed by atoms with E-state index in [0.29, 0.717) is 5.69 Å².